The van der Waals surface area contributed by atoms with E-state index in [0.717, 1.165) is 26.2 Å². The number of nitrogens with one attached hydrogen (secondary N) is 1. The average Bonchev–Trinajstić information content (AvgIpc) is 2.25. The number of rotatable bonds is 10. The summed E-state index contributed by atoms with van der Waals surface area (Å²) < 4.78 is 10.3. The minimum absolute atomic E-state index is 0.574. The lowest BCUT2D eigenvalue weighted by Gasteiger charge is -2.27. The van der Waals surface area contributed by atoms with Crippen molar-refractivity contribution in [2.75, 3.05) is 34.0 Å². The molecule has 1 N–H and O–H groups in total. The van der Waals surface area contributed by atoms with Crippen LogP contribution in [0.5, 0.6) is 0 Å². The summed E-state index contributed by atoms with van der Waals surface area (Å²) in [5.74, 6) is 1.26. The second-order valence-corrected chi connectivity index (χ2v) is 4.72. The summed E-state index contributed by atoms with van der Waals surface area (Å²) in [5.41, 5.74) is 0. The molecule has 3 nitrogen and oxygen atoms in total. The lowest BCUT2D eigenvalue weighted by molar-refractivity contribution is 0.134. The molecule has 0 bridgehead atoms. The van der Waals surface area contributed by atoms with Gasteiger partial charge < -0.3 is 14.8 Å². The maximum absolute atomic E-state index is 5.19. The molecule has 0 amide bonds. The van der Waals surface area contributed by atoms with Gasteiger partial charge in [-0.15, -0.1) is 0 Å². The van der Waals surface area contributed by atoms with E-state index in [4.69, 9.17) is 9.47 Å². The largest absolute Gasteiger partial charge is 0.385 e. The van der Waals surface area contributed by atoms with E-state index in [1.807, 2.05) is 0 Å². The summed E-state index contributed by atoms with van der Waals surface area (Å²) in [6, 6.07) is 0.574. The Balaban J connectivity index is 4.02. The molecule has 98 valence electrons. The second-order valence-electron chi connectivity index (χ2n) is 4.72. The maximum Gasteiger partial charge on any atom is 0.0488 e. The lowest BCUT2D eigenvalue weighted by atomic mass is 9.90. The summed E-state index contributed by atoms with van der Waals surface area (Å²) in [6.45, 7) is 9.43. The van der Waals surface area contributed by atoms with Gasteiger partial charge in [0.25, 0.3) is 0 Å². The van der Waals surface area contributed by atoms with Crippen LogP contribution >= 0.6 is 0 Å². The number of ether oxygens (including phenoxy) is 2. The van der Waals surface area contributed by atoms with E-state index in [2.05, 4.69) is 26.1 Å². The Hall–Kier alpha value is -0.120. The van der Waals surface area contributed by atoms with Crippen molar-refractivity contribution >= 4 is 0 Å². The highest BCUT2D eigenvalue weighted by Gasteiger charge is 2.18. The van der Waals surface area contributed by atoms with Crippen LogP contribution in [0, 0.1) is 11.8 Å². The highest BCUT2D eigenvalue weighted by Crippen LogP contribution is 2.16. The van der Waals surface area contributed by atoms with Crippen LogP contribution in [0.1, 0.15) is 33.6 Å². The third-order valence-electron chi connectivity index (χ3n) is 3.04. The number of hydrogen-bond donors (Lipinski definition) is 1. The van der Waals surface area contributed by atoms with Gasteiger partial charge in [-0.05, 0) is 31.2 Å². The summed E-state index contributed by atoms with van der Waals surface area (Å²) in [5, 5.41) is 3.57. The van der Waals surface area contributed by atoms with Crippen LogP contribution in [-0.4, -0.2) is 40.0 Å². The van der Waals surface area contributed by atoms with Crippen LogP contribution in [-0.2, 0) is 9.47 Å². The molecule has 0 aliphatic heterocycles. The molecule has 0 rings (SSSR count). The van der Waals surface area contributed by atoms with Crippen molar-refractivity contribution < 1.29 is 9.47 Å². The van der Waals surface area contributed by atoms with Crippen LogP contribution < -0.4 is 5.32 Å². The van der Waals surface area contributed by atoms with Gasteiger partial charge in [-0.1, -0.05) is 20.8 Å². The van der Waals surface area contributed by atoms with Crippen LogP contribution in [0.15, 0.2) is 0 Å². The van der Waals surface area contributed by atoms with E-state index in [9.17, 15) is 0 Å². The fourth-order valence-electron chi connectivity index (χ4n) is 2.07. The third-order valence-corrected chi connectivity index (χ3v) is 3.04. The minimum Gasteiger partial charge on any atom is -0.385 e. The van der Waals surface area contributed by atoms with E-state index >= 15 is 0 Å². The van der Waals surface area contributed by atoms with Gasteiger partial charge in [-0.2, -0.15) is 0 Å². The fraction of sp³-hybridized carbons (Fsp3) is 1.00. The van der Waals surface area contributed by atoms with Crippen LogP contribution in [0.3, 0.4) is 0 Å². The molecule has 3 unspecified atom stereocenters. The zero-order valence-electron chi connectivity index (χ0n) is 11.6. The van der Waals surface area contributed by atoms with Crippen molar-refractivity contribution in [3.63, 3.8) is 0 Å². The van der Waals surface area contributed by atoms with Crippen molar-refractivity contribution in [2.45, 2.75) is 39.7 Å². The van der Waals surface area contributed by atoms with E-state index in [1.54, 1.807) is 14.2 Å². The Morgan fingerprint density at radius 3 is 2.31 bits per heavy atom. The van der Waals surface area contributed by atoms with Crippen molar-refractivity contribution in [3.05, 3.63) is 0 Å². The Morgan fingerprint density at radius 1 is 1.12 bits per heavy atom. The van der Waals surface area contributed by atoms with Gasteiger partial charge in [-0.3, -0.25) is 0 Å². The predicted molar refractivity (Wildman–Crippen MR) is 68.8 cm³/mol. The van der Waals surface area contributed by atoms with Crippen LogP contribution in [0.4, 0.5) is 0 Å². The molecular weight excluding hydrogens is 202 g/mol. The number of hydrogen-bond acceptors (Lipinski definition) is 3. The first kappa shape index (κ1) is 15.9. The van der Waals surface area contributed by atoms with Crippen molar-refractivity contribution in [1.82, 2.24) is 5.32 Å². The zero-order chi connectivity index (χ0) is 12.4. The highest BCUT2D eigenvalue weighted by molar-refractivity contribution is 4.75. The molecule has 0 aromatic carbocycles. The smallest absolute Gasteiger partial charge is 0.0488 e. The molecular formula is C13H29NO2. The van der Waals surface area contributed by atoms with Gasteiger partial charge >= 0.3 is 0 Å². The highest BCUT2D eigenvalue weighted by atomic mass is 16.5. The topological polar surface area (TPSA) is 30.5 Å². The molecule has 0 spiro atoms. The Morgan fingerprint density at radius 2 is 1.81 bits per heavy atom. The SMILES string of the molecule is CCNC(CC(C)COC)C(C)CCOC. The third kappa shape index (κ3) is 7.20. The first-order valence-corrected chi connectivity index (χ1v) is 6.36. The minimum atomic E-state index is 0.574. The molecule has 0 radical (unpaired) electrons. The van der Waals surface area contributed by atoms with Gasteiger partial charge in [0, 0.05) is 33.5 Å². The molecule has 0 aliphatic carbocycles. The van der Waals surface area contributed by atoms with E-state index in [0.29, 0.717) is 17.9 Å². The normalized spacial score (nSPS) is 17.1. The first-order chi connectivity index (χ1) is 7.65. The zero-order valence-corrected chi connectivity index (χ0v) is 11.6. The Kier molecular flexibility index (Phi) is 9.99. The quantitative estimate of drug-likeness (QED) is 0.626. The molecule has 0 fully saturated rings. The molecule has 0 aromatic heterocycles. The van der Waals surface area contributed by atoms with Gasteiger partial charge in [0.05, 0.1) is 0 Å². The molecule has 0 aromatic rings. The molecule has 0 saturated carbocycles. The molecule has 0 heterocycles. The second kappa shape index (κ2) is 10.1. The predicted octanol–water partition coefficient (Wildman–Crippen LogP) is 2.31. The summed E-state index contributed by atoms with van der Waals surface area (Å²) >= 11 is 0. The van der Waals surface area contributed by atoms with E-state index in [-0.39, 0.29) is 0 Å². The average molecular weight is 231 g/mol. The Bertz CT molecular complexity index is 153. The molecule has 3 heteroatoms. The molecule has 0 aliphatic rings. The van der Waals surface area contributed by atoms with Crippen LogP contribution in [0.25, 0.3) is 0 Å². The molecule has 16 heavy (non-hydrogen) atoms. The first-order valence-electron chi connectivity index (χ1n) is 6.36. The molecule has 3 atom stereocenters. The maximum atomic E-state index is 5.19. The van der Waals surface area contributed by atoms with Crippen molar-refractivity contribution in [2.24, 2.45) is 11.8 Å². The van der Waals surface area contributed by atoms with Gasteiger partial charge in [0.1, 0.15) is 0 Å². The van der Waals surface area contributed by atoms with Crippen molar-refractivity contribution in [3.8, 4) is 0 Å². The molecule has 0 saturated heterocycles. The lowest BCUT2D eigenvalue weighted by Crippen LogP contribution is -2.37. The van der Waals surface area contributed by atoms with Gasteiger partial charge in [0.15, 0.2) is 0 Å². The number of methoxy groups -OCH3 is 2. The standard InChI is InChI=1S/C13H29NO2/c1-6-14-13(9-11(2)10-16-5)12(3)7-8-15-4/h11-14H,6-10H2,1-5H3. The van der Waals surface area contributed by atoms with Crippen molar-refractivity contribution in [1.29, 1.82) is 0 Å². The fourth-order valence-corrected chi connectivity index (χ4v) is 2.07. The van der Waals surface area contributed by atoms with Gasteiger partial charge in [0.2, 0.25) is 0 Å². The van der Waals surface area contributed by atoms with Crippen LogP contribution in [0.2, 0.25) is 0 Å². The van der Waals surface area contributed by atoms with E-state index < -0.39 is 0 Å². The van der Waals surface area contributed by atoms with Gasteiger partial charge in [-0.25, -0.2) is 0 Å². The summed E-state index contributed by atoms with van der Waals surface area (Å²) in [7, 11) is 3.54. The monoisotopic (exact) mass is 231 g/mol. The summed E-state index contributed by atoms with van der Waals surface area (Å²) in [6.07, 6.45) is 2.29. The summed E-state index contributed by atoms with van der Waals surface area (Å²) in [4.78, 5) is 0. The Labute approximate surface area is 101 Å². The van der Waals surface area contributed by atoms with E-state index in [1.165, 1.54) is 6.42 Å².